The Morgan fingerprint density at radius 2 is 1.36 bits per heavy atom. The van der Waals surface area contributed by atoms with E-state index in [1.165, 1.54) is 0 Å². The smallest absolute Gasteiger partial charge is 0.271 e. The van der Waals surface area contributed by atoms with Crippen LogP contribution in [-0.2, 0) is 0 Å². The number of nitrogens with one attached hydrogen (secondary N) is 1. The number of azo groups is 1. The Morgan fingerprint density at radius 1 is 0.786 bits per heavy atom. The molecule has 0 fully saturated rings. The van der Waals surface area contributed by atoms with Crippen molar-refractivity contribution >= 4 is 17.4 Å². The second kappa shape index (κ2) is 8.45. The zero-order valence-electron chi connectivity index (χ0n) is 14.5. The number of phenolic OH excluding ortho intramolecular Hbond substituents is 3. The molecule has 0 bridgehead atoms. The van der Waals surface area contributed by atoms with Gasteiger partial charge < -0.3 is 15.3 Å². The molecule has 0 aromatic heterocycles. The van der Waals surface area contributed by atoms with Crippen LogP contribution in [0.25, 0.3) is 0 Å². The quantitative estimate of drug-likeness (QED) is 0.182. The van der Waals surface area contributed by atoms with Gasteiger partial charge in [0, 0.05) is 11.1 Å². The van der Waals surface area contributed by atoms with Gasteiger partial charge in [0.25, 0.3) is 5.91 Å². The molecule has 4 N–H and O–H groups in total. The number of amidine groups is 1. The number of hydrogen-bond acceptors (Lipinski definition) is 6. The highest BCUT2D eigenvalue weighted by atomic mass is 16.3. The number of carbonyl (C=O) groups is 1. The summed E-state index contributed by atoms with van der Waals surface area (Å²) in [6.07, 6.45) is 0. The average Bonchev–Trinajstić information content (AvgIpc) is 2.73. The zero-order chi connectivity index (χ0) is 19.9. The van der Waals surface area contributed by atoms with Gasteiger partial charge in [-0.1, -0.05) is 48.5 Å². The Morgan fingerprint density at radius 3 is 1.96 bits per heavy atom. The second-order valence-corrected chi connectivity index (χ2v) is 5.64. The van der Waals surface area contributed by atoms with Gasteiger partial charge in [0.15, 0.2) is 17.2 Å². The first-order valence-corrected chi connectivity index (χ1v) is 8.20. The van der Waals surface area contributed by atoms with Crippen LogP contribution in [0.5, 0.6) is 17.2 Å². The number of rotatable bonds is 4. The number of benzene rings is 3. The molecule has 28 heavy (non-hydrogen) atoms. The lowest BCUT2D eigenvalue weighted by molar-refractivity contribution is 0.0954. The molecule has 0 spiro atoms. The van der Waals surface area contributed by atoms with Crippen LogP contribution in [0.3, 0.4) is 0 Å². The number of amides is 1. The maximum absolute atomic E-state index is 12.3. The minimum absolute atomic E-state index is 0.0936. The third-order valence-corrected chi connectivity index (χ3v) is 3.64. The summed E-state index contributed by atoms with van der Waals surface area (Å²) in [5, 5.41) is 40.6. The molecule has 0 aliphatic heterocycles. The largest absolute Gasteiger partial charge is 0.504 e. The molecular formula is C20H16N4O4. The van der Waals surface area contributed by atoms with E-state index in [4.69, 9.17) is 0 Å². The molecule has 0 saturated heterocycles. The van der Waals surface area contributed by atoms with Crippen LogP contribution in [0.4, 0.5) is 5.69 Å². The molecule has 1 amide bonds. The third kappa shape index (κ3) is 4.50. The number of hydrazone groups is 1. The molecule has 140 valence electrons. The standard InChI is InChI=1S/C20H16N4O4/c25-16-11-14(12-17(26)18(16)27)20(28)24-23-19(13-7-3-1-4-8-13)22-21-15-9-5-2-6-10-15/h1-12,25-27H,(H,24,28)/b22-21?,23-19+. The predicted octanol–water partition coefficient (Wildman–Crippen LogP) is 3.68. The fraction of sp³-hybridized carbons (Fsp3) is 0. The summed E-state index contributed by atoms with van der Waals surface area (Å²) in [5.74, 6) is -2.51. The van der Waals surface area contributed by atoms with Gasteiger partial charge in [-0.2, -0.15) is 0 Å². The lowest BCUT2D eigenvalue weighted by Gasteiger charge is -2.05. The molecule has 0 aliphatic rings. The predicted molar refractivity (Wildman–Crippen MR) is 103 cm³/mol. The Labute approximate surface area is 160 Å². The van der Waals surface area contributed by atoms with Gasteiger partial charge in [-0.05, 0) is 24.3 Å². The summed E-state index contributed by atoms with van der Waals surface area (Å²) in [5.41, 5.74) is 3.45. The SMILES string of the molecule is O=C(N/N=C(/N=Nc1ccccc1)c1ccccc1)c1cc(O)c(O)c(O)c1. The van der Waals surface area contributed by atoms with E-state index in [1.54, 1.807) is 36.4 Å². The van der Waals surface area contributed by atoms with Crippen molar-refractivity contribution in [2.45, 2.75) is 0 Å². The average molecular weight is 376 g/mol. The van der Waals surface area contributed by atoms with E-state index in [2.05, 4.69) is 20.8 Å². The molecule has 0 unspecified atom stereocenters. The summed E-state index contributed by atoms with van der Waals surface area (Å²) in [6, 6.07) is 20.0. The van der Waals surface area contributed by atoms with Gasteiger partial charge in [-0.3, -0.25) is 4.79 Å². The van der Waals surface area contributed by atoms with Crippen molar-refractivity contribution in [3.05, 3.63) is 83.9 Å². The van der Waals surface area contributed by atoms with E-state index >= 15 is 0 Å². The van der Waals surface area contributed by atoms with Gasteiger partial charge in [0.1, 0.15) is 0 Å². The van der Waals surface area contributed by atoms with Crippen molar-refractivity contribution in [2.24, 2.45) is 15.3 Å². The molecule has 8 heteroatoms. The van der Waals surface area contributed by atoms with Crippen molar-refractivity contribution in [3.63, 3.8) is 0 Å². The monoisotopic (exact) mass is 376 g/mol. The van der Waals surface area contributed by atoms with Crippen LogP contribution < -0.4 is 5.43 Å². The molecule has 0 saturated carbocycles. The van der Waals surface area contributed by atoms with Crippen molar-refractivity contribution in [3.8, 4) is 17.2 Å². The zero-order valence-corrected chi connectivity index (χ0v) is 14.5. The molecule has 3 aromatic rings. The Kier molecular flexibility index (Phi) is 5.61. The number of nitrogens with zero attached hydrogens (tertiary/aromatic N) is 3. The van der Waals surface area contributed by atoms with Crippen LogP contribution in [0.1, 0.15) is 15.9 Å². The second-order valence-electron chi connectivity index (χ2n) is 5.64. The van der Waals surface area contributed by atoms with E-state index < -0.39 is 23.2 Å². The number of aromatic hydroxyl groups is 3. The molecule has 8 nitrogen and oxygen atoms in total. The molecule has 0 heterocycles. The van der Waals surface area contributed by atoms with Crippen molar-refractivity contribution in [1.29, 1.82) is 0 Å². The molecule has 3 aromatic carbocycles. The highest BCUT2D eigenvalue weighted by Gasteiger charge is 2.13. The number of carbonyl (C=O) groups excluding carboxylic acids is 1. The lowest BCUT2D eigenvalue weighted by atomic mass is 10.2. The van der Waals surface area contributed by atoms with Gasteiger partial charge in [0.2, 0.25) is 5.84 Å². The fourth-order valence-electron chi connectivity index (χ4n) is 2.24. The normalized spacial score (nSPS) is 11.5. The van der Waals surface area contributed by atoms with Gasteiger partial charge >= 0.3 is 0 Å². The lowest BCUT2D eigenvalue weighted by Crippen LogP contribution is -2.19. The number of hydrogen-bond donors (Lipinski definition) is 4. The molecule has 0 aliphatic carbocycles. The van der Waals surface area contributed by atoms with Gasteiger partial charge in [0.05, 0.1) is 5.69 Å². The summed E-state index contributed by atoms with van der Waals surface area (Å²) in [7, 11) is 0. The van der Waals surface area contributed by atoms with Crippen molar-refractivity contribution in [1.82, 2.24) is 5.43 Å². The Hall–Kier alpha value is -4.20. The Bertz CT molecular complexity index is 1010. The first-order chi connectivity index (χ1) is 13.5. The summed E-state index contributed by atoms with van der Waals surface area (Å²) in [4.78, 5) is 12.3. The van der Waals surface area contributed by atoms with E-state index in [1.807, 2.05) is 24.3 Å². The molecule has 0 atom stereocenters. The van der Waals surface area contributed by atoms with Crippen LogP contribution in [0.2, 0.25) is 0 Å². The third-order valence-electron chi connectivity index (χ3n) is 3.64. The van der Waals surface area contributed by atoms with Crippen molar-refractivity contribution < 1.29 is 20.1 Å². The van der Waals surface area contributed by atoms with E-state index in [0.717, 1.165) is 12.1 Å². The van der Waals surface area contributed by atoms with Crippen LogP contribution in [0.15, 0.2) is 88.1 Å². The van der Waals surface area contributed by atoms with Crippen LogP contribution in [0, 0.1) is 0 Å². The highest BCUT2D eigenvalue weighted by molar-refractivity contribution is 6.01. The summed E-state index contributed by atoms with van der Waals surface area (Å²) < 4.78 is 0. The molecule has 0 radical (unpaired) electrons. The summed E-state index contributed by atoms with van der Waals surface area (Å²) >= 11 is 0. The maximum Gasteiger partial charge on any atom is 0.271 e. The maximum atomic E-state index is 12.3. The van der Waals surface area contributed by atoms with E-state index in [-0.39, 0.29) is 11.4 Å². The highest BCUT2D eigenvalue weighted by Crippen LogP contribution is 2.35. The first kappa shape index (κ1) is 18.6. The van der Waals surface area contributed by atoms with Crippen LogP contribution >= 0.6 is 0 Å². The van der Waals surface area contributed by atoms with Gasteiger partial charge in [-0.25, -0.2) is 5.43 Å². The Balaban J connectivity index is 1.87. The van der Waals surface area contributed by atoms with Gasteiger partial charge in [-0.15, -0.1) is 15.3 Å². The topological polar surface area (TPSA) is 127 Å². The fourth-order valence-corrected chi connectivity index (χ4v) is 2.24. The van der Waals surface area contributed by atoms with E-state index in [0.29, 0.717) is 11.3 Å². The van der Waals surface area contributed by atoms with Crippen LogP contribution in [-0.4, -0.2) is 27.1 Å². The van der Waals surface area contributed by atoms with Crippen molar-refractivity contribution in [2.75, 3.05) is 0 Å². The van der Waals surface area contributed by atoms with E-state index in [9.17, 15) is 20.1 Å². The summed E-state index contributed by atoms with van der Waals surface area (Å²) in [6.45, 7) is 0. The molecular weight excluding hydrogens is 360 g/mol. The molecule has 3 rings (SSSR count). The number of phenols is 3. The minimum Gasteiger partial charge on any atom is -0.504 e. The first-order valence-electron chi connectivity index (χ1n) is 8.20. The minimum atomic E-state index is -0.714.